The lowest BCUT2D eigenvalue weighted by Gasteiger charge is -2.31. The number of carboxylic acids is 1. The number of benzene rings is 1. The van der Waals surface area contributed by atoms with E-state index >= 15 is 0 Å². The third-order valence-electron chi connectivity index (χ3n) is 5.97. The summed E-state index contributed by atoms with van der Waals surface area (Å²) in [7, 11) is -3.60. The molecule has 3 heterocycles. The number of thioether (sulfide) groups is 1. The Morgan fingerprint density at radius 1 is 1.18 bits per heavy atom. The molecule has 4 rings (SSSR count). The van der Waals surface area contributed by atoms with Crippen molar-refractivity contribution in [3.8, 4) is 5.75 Å². The predicted octanol–water partition coefficient (Wildman–Crippen LogP) is 4.20. The molecule has 0 aliphatic carbocycles. The minimum absolute atomic E-state index is 0.0189. The summed E-state index contributed by atoms with van der Waals surface area (Å²) in [6, 6.07) is 10.5. The second kappa shape index (κ2) is 9.97. The Kier molecular flexibility index (Phi) is 7.20. The van der Waals surface area contributed by atoms with Gasteiger partial charge in [0.1, 0.15) is 17.9 Å². The first-order chi connectivity index (χ1) is 16.2. The normalized spacial score (nSPS) is 15.8. The second-order valence-electron chi connectivity index (χ2n) is 8.65. The summed E-state index contributed by atoms with van der Waals surface area (Å²) in [4.78, 5) is 16.3. The molecule has 3 aromatic rings. The predicted molar refractivity (Wildman–Crippen MR) is 132 cm³/mol. The van der Waals surface area contributed by atoms with Crippen LogP contribution in [-0.2, 0) is 21.4 Å². The average Bonchev–Trinajstić information content (AvgIpc) is 3.16. The molecule has 0 unspecified atom stereocenters. The molecule has 0 atom stereocenters. The molecule has 0 spiro atoms. The number of sulfonamides is 1. The SMILES string of the molecule is CSc1ccc2c(C3CCN(S(=O)(=O)c4ccc(OC(C)C)cc4)CC3)cn(CC(=O)O)c2n1. The van der Waals surface area contributed by atoms with E-state index in [4.69, 9.17) is 4.74 Å². The molecule has 10 heteroatoms. The lowest BCUT2D eigenvalue weighted by Crippen LogP contribution is -2.37. The third kappa shape index (κ3) is 5.08. The number of fused-ring (bicyclic) bond motifs is 1. The molecule has 2 aromatic heterocycles. The Morgan fingerprint density at radius 2 is 1.85 bits per heavy atom. The first-order valence-electron chi connectivity index (χ1n) is 11.2. The van der Waals surface area contributed by atoms with Gasteiger partial charge in [-0.25, -0.2) is 13.4 Å². The van der Waals surface area contributed by atoms with Gasteiger partial charge >= 0.3 is 5.97 Å². The molecule has 1 N–H and O–H groups in total. The Labute approximate surface area is 204 Å². The number of piperidine rings is 1. The van der Waals surface area contributed by atoms with E-state index in [9.17, 15) is 18.3 Å². The molecule has 1 aliphatic rings. The maximum atomic E-state index is 13.2. The van der Waals surface area contributed by atoms with E-state index < -0.39 is 16.0 Å². The minimum Gasteiger partial charge on any atom is -0.491 e. The average molecular weight is 504 g/mol. The smallest absolute Gasteiger partial charge is 0.323 e. The highest BCUT2D eigenvalue weighted by atomic mass is 32.2. The van der Waals surface area contributed by atoms with Crippen molar-refractivity contribution in [2.24, 2.45) is 0 Å². The molecule has 0 amide bonds. The number of pyridine rings is 1. The highest BCUT2D eigenvalue weighted by Gasteiger charge is 2.31. The summed E-state index contributed by atoms with van der Waals surface area (Å²) in [5, 5.41) is 11.1. The molecular weight excluding hydrogens is 474 g/mol. The fraction of sp³-hybridized carbons (Fsp3) is 0.417. The largest absolute Gasteiger partial charge is 0.491 e. The number of hydrogen-bond donors (Lipinski definition) is 1. The fourth-order valence-corrected chi connectivity index (χ4v) is 6.25. The van der Waals surface area contributed by atoms with Crippen LogP contribution in [-0.4, -0.2) is 58.8 Å². The van der Waals surface area contributed by atoms with Gasteiger partial charge in [0.05, 0.1) is 16.0 Å². The van der Waals surface area contributed by atoms with Crippen molar-refractivity contribution < 1.29 is 23.1 Å². The summed E-state index contributed by atoms with van der Waals surface area (Å²) in [5.74, 6) is -0.151. The van der Waals surface area contributed by atoms with Gasteiger partial charge in [0.25, 0.3) is 0 Å². The lowest BCUT2D eigenvalue weighted by molar-refractivity contribution is -0.137. The van der Waals surface area contributed by atoms with Crippen LogP contribution in [0.25, 0.3) is 11.0 Å². The van der Waals surface area contributed by atoms with Crippen LogP contribution >= 0.6 is 11.8 Å². The van der Waals surface area contributed by atoms with E-state index in [1.807, 2.05) is 38.4 Å². The number of carbonyl (C=O) groups is 1. The van der Waals surface area contributed by atoms with Crippen LogP contribution in [0.1, 0.15) is 38.2 Å². The van der Waals surface area contributed by atoms with Crippen molar-refractivity contribution in [2.75, 3.05) is 19.3 Å². The molecular formula is C24H29N3O5S2. The first-order valence-corrected chi connectivity index (χ1v) is 13.9. The summed E-state index contributed by atoms with van der Waals surface area (Å²) in [6.07, 6.45) is 5.14. The van der Waals surface area contributed by atoms with Crippen LogP contribution in [0, 0.1) is 0 Å². The molecule has 1 aromatic carbocycles. The fourth-order valence-electron chi connectivity index (χ4n) is 4.40. The monoisotopic (exact) mass is 503 g/mol. The molecule has 0 bridgehead atoms. The van der Waals surface area contributed by atoms with Crippen molar-refractivity contribution in [1.82, 2.24) is 13.9 Å². The Morgan fingerprint density at radius 3 is 2.44 bits per heavy atom. The molecule has 1 aliphatic heterocycles. The molecule has 182 valence electrons. The van der Waals surface area contributed by atoms with Gasteiger partial charge in [-0.1, -0.05) is 0 Å². The first kappa shape index (κ1) is 24.6. The molecule has 0 radical (unpaired) electrons. The van der Waals surface area contributed by atoms with Gasteiger partial charge < -0.3 is 14.4 Å². The van der Waals surface area contributed by atoms with Gasteiger partial charge in [-0.3, -0.25) is 4.79 Å². The summed E-state index contributed by atoms with van der Waals surface area (Å²) >= 11 is 1.51. The van der Waals surface area contributed by atoms with Crippen LogP contribution in [0.4, 0.5) is 0 Å². The van der Waals surface area contributed by atoms with Crippen molar-refractivity contribution in [2.45, 2.75) is 55.2 Å². The van der Waals surface area contributed by atoms with E-state index in [-0.39, 0.29) is 23.5 Å². The number of aliphatic carboxylic acids is 1. The molecule has 1 saturated heterocycles. The zero-order valence-electron chi connectivity index (χ0n) is 19.5. The Hall–Kier alpha value is -2.56. The summed E-state index contributed by atoms with van der Waals surface area (Å²) in [5.41, 5.74) is 1.69. The van der Waals surface area contributed by atoms with Crippen molar-refractivity contribution >= 4 is 38.8 Å². The number of ether oxygens (including phenoxy) is 1. The van der Waals surface area contributed by atoms with Crippen molar-refractivity contribution in [1.29, 1.82) is 0 Å². The van der Waals surface area contributed by atoms with Crippen LogP contribution in [0.2, 0.25) is 0 Å². The van der Waals surface area contributed by atoms with Crippen molar-refractivity contribution in [3.63, 3.8) is 0 Å². The number of hydrogen-bond acceptors (Lipinski definition) is 6. The number of carboxylic acid groups (broad SMARTS) is 1. The Balaban J connectivity index is 1.53. The zero-order valence-corrected chi connectivity index (χ0v) is 21.1. The highest BCUT2D eigenvalue weighted by Crippen LogP contribution is 2.36. The summed E-state index contributed by atoms with van der Waals surface area (Å²) in [6.45, 7) is 4.49. The quantitative estimate of drug-likeness (QED) is 0.460. The van der Waals surface area contributed by atoms with Gasteiger partial charge in [-0.15, -0.1) is 11.8 Å². The van der Waals surface area contributed by atoms with E-state index in [1.54, 1.807) is 28.8 Å². The third-order valence-corrected chi connectivity index (χ3v) is 8.53. The van der Waals surface area contributed by atoms with Gasteiger partial charge in [-0.05, 0) is 80.8 Å². The number of rotatable bonds is 8. The van der Waals surface area contributed by atoms with Crippen LogP contribution in [0.5, 0.6) is 5.75 Å². The zero-order chi connectivity index (χ0) is 24.5. The lowest BCUT2D eigenvalue weighted by atomic mass is 9.90. The van der Waals surface area contributed by atoms with Gasteiger partial charge in [0.15, 0.2) is 0 Å². The van der Waals surface area contributed by atoms with E-state index in [2.05, 4.69) is 4.98 Å². The second-order valence-corrected chi connectivity index (χ2v) is 11.4. The summed E-state index contributed by atoms with van der Waals surface area (Å²) < 4.78 is 35.2. The molecule has 1 fully saturated rings. The standard InChI is InChI=1S/C24H29N3O5S2/c1-16(2)32-18-4-6-19(7-5-18)34(30,31)27-12-10-17(11-13-27)21-14-26(15-23(28)29)24-20(21)8-9-22(25-24)33-3/h4-9,14,16-17H,10-13,15H2,1-3H3,(H,28,29). The number of aromatic nitrogens is 2. The van der Waals surface area contributed by atoms with Crippen LogP contribution in [0.3, 0.4) is 0 Å². The number of nitrogens with zero attached hydrogens (tertiary/aromatic N) is 3. The highest BCUT2D eigenvalue weighted by molar-refractivity contribution is 7.98. The molecule has 0 saturated carbocycles. The van der Waals surface area contributed by atoms with E-state index in [0.29, 0.717) is 37.3 Å². The van der Waals surface area contributed by atoms with Gasteiger partial charge in [0, 0.05) is 24.7 Å². The van der Waals surface area contributed by atoms with Crippen LogP contribution in [0.15, 0.2) is 52.5 Å². The van der Waals surface area contributed by atoms with Gasteiger partial charge in [0.2, 0.25) is 10.0 Å². The minimum atomic E-state index is -3.60. The van der Waals surface area contributed by atoms with Crippen LogP contribution < -0.4 is 4.74 Å². The molecule has 34 heavy (non-hydrogen) atoms. The van der Waals surface area contributed by atoms with Gasteiger partial charge in [-0.2, -0.15) is 4.31 Å². The topological polar surface area (TPSA) is 102 Å². The molecule has 8 nitrogen and oxygen atoms in total. The van der Waals surface area contributed by atoms with E-state index in [0.717, 1.165) is 16.0 Å². The maximum absolute atomic E-state index is 13.2. The Bertz CT molecular complexity index is 1280. The van der Waals surface area contributed by atoms with E-state index in [1.165, 1.54) is 16.1 Å². The van der Waals surface area contributed by atoms with Crippen molar-refractivity contribution in [3.05, 3.63) is 48.2 Å². The maximum Gasteiger partial charge on any atom is 0.323 e.